The van der Waals surface area contributed by atoms with Gasteiger partial charge in [0.2, 0.25) is 0 Å². The fourth-order valence-corrected chi connectivity index (χ4v) is 1.64. The molecule has 1 fully saturated rings. The van der Waals surface area contributed by atoms with Crippen LogP contribution in [0.25, 0.3) is 0 Å². The van der Waals surface area contributed by atoms with E-state index >= 15 is 0 Å². The van der Waals surface area contributed by atoms with Gasteiger partial charge in [0.1, 0.15) is 0 Å². The van der Waals surface area contributed by atoms with Gasteiger partial charge in [0.15, 0.2) is 5.82 Å². The molecule has 2 rings (SSSR count). The fourth-order valence-electron chi connectivity index (χ4n) is 1.29. The van der Waals surface area contributed by atoms with E-state index in [9.17, 15) is 0 Å². The quantitative estimate of drug-likeness (QED) is 0.872. The van der Waals surface area contributed by atoms with E-state index in [1.807, 2.05) is 12.1 Å². The van der Waals surface area contributed by atoms with Gasteiger partial charge < -0.3 is 10.2 Å². The molecule has 0 spiro atoms. The summed E-state index contributed by atoms with van der Waals surface area (Å²) in [5.41, 5.74) is 3.24. The zero-order valence-corrected chi connectivity index (χ0v) is 9.33. The molecule has 0 amide bonds. The van der Waals surface area contributed by atoms with Gasteiger partial charge in [-0.05, 0) is 28.1 Å². The minimum atomic E-state index is 0.775. The van der Waals surface area contributed by atoms with E-state index in [1.54, 1.807) is 6.20 Å². The zero-order valence-electron chi connectivity index (χ0n) is 7.74. The van der Waals surface area contributed by atoms with Crippen LogP contribution in [0, 0.1) is 0 Å². The maximum Gasteiger partial charge on any atom is 0.154 e. The first kappa shape index (κ1) is 9.89. The highest BCUT2D eigenvalue weighted by molar-refractivity contribution is 9.10. The predicted octanol–water partition coefficient (Wildman–Crippen LogP) is 1.50. The first-order valence-electron chi connectivity index (χ1n) is 4.56. The molecule has 0 saturated carbocycles. The number of rotatable bonds is 2. The van der Waals surface area contributed by atoms with Crippen LogP contribution >= 0.6 is 15.9 Å². The molecule has 1 aliphatic rings. The number of pyridine rings is 1. The number of nitrogens with zero attached hydrogens (tertiary/aromatic N) is 2. The fraction of sp³-hybridized carbons (Fsp3) is 0.444. The van der Waals surface area contributed by atoms with Gasteiger partial charge in [-0.1, -0.05) is 0 Å². The molecular formula is C9H12BrN3O. The lowest BCUT2D eigenvalue weighted by atomic mass is 10.4. The standard InChI is InChI=1S/C9H12BrN3O/c10-8-2-1-3-11-9(8)12-13-4-6-14-7-5-13/h1-3H,4-7H2,(H,11,12). The monoisotopic (exact) mass is 257 g/mol. The summed E-state index contributed by atoms with van der Waals surface area (Å²) in [6.07, 6.45) is 1.77. The Balaban J connectivity index is 1.99. The van der Waals surface area contributed by atoms with Crippen LogP contribution in [0.2, 0.25) is 0 Å². The third-order valence-corrected chi connectivity index (χ3v) is 2.67. The molecule has 5 heteroatoms. The minimum Gasteiger partial charge on any atom is -0.379 e. The summed E-state index contributed by atoms with van der Waals surface area (Å²) in [5.74, 6) is 0.856. The summed E-state index contributed by atoms with van der Waals surface area (Å²) in [5, 5.41) is 2.11. The molecule has 1 aromatic heterocycles. The van der Waals surface area contributed by atoms with Crippen molar-refractivity contribution in [1.82, 2.24) is 9.99 Å². The highest BCUT2D eigenvalue weighted by Gasteiger charge is 2.11. The molecule has 0 bridgehead atoms. The lowest BCUT2D eigenvalue weighted by molar-refractivity contribution is 0.0494. The van der Waals surface area contributed by atoms with Gasteiger partial charge in [-0.25, -0.2) is 9.99 Å². The van der Waals surface area contributed by atoms with Gasteiger partial charge in [-0.3, -0.25) is 0 Å². The van der Waals surface area contributed by atoms with Crippen LogP contribution in [0.15, 0.2) is 22.8 Å². The molecule has 0 atom stereocenters. The summed E-state index contributed by atoms with van der Waals surface area (Å²) >= 11 is 3.44. The molecule has 0 aliphatic carbocycles. The third kappa shape index (κ3) is 2.43. The Bertz CT molecular complexity index is 302. The maximum atomic E-state index is 5.25. The Kier molecular flexibility index (Phi) is 3.34. The number of hydrogen-bond acceptors (Lipinski definition) is 4. The number of ether oxygens (including phenoxy) is 1. The number of morpholine rings is 1. The summed E-state index contributed by atoms with van der Waals surface area (Å²) in [6, 6.07) is 3.87. The Labute approximate surface area is 91.4 Å². The summed E-state index contributed by atoms with van der Waals surface area (Å²) in [4.78, 5) is 4.23. The molecule has 2 heterocycles. The van der Waals surface area contributed by atoms with Crippen LogP contribution in [0.3, 0.4) is 0 Å². The molecule has 4 nitrogen and oxygen atoms in total. The molecule has 76 valence electrons. The first-order chi connectivity index (χ1) is 6.86. The van der Waals surface area contributed by atoms with Gasteiger partial charge in [0.05, 0.1) is 17.7 Å². The van der Waals surface area contributed by atoms with Crippen molar-refractivity contribution in [2.24, 2.45) is 0 Å². The lowest BCUT2D eigenvalue weighted by Gasteiger charge is -2.27. The lowest BCUT2D eigenvalue weighted by Crippen LogP contribution is -2.40. The van der Waals surface area contributed by atoms with Crippen molar-refractivity contribution in [1.29, 1.82) is 0 Å². The molecule has 14 heavy (non-hydrogen) atoms. The molecule has 0 unspecified atom stereocenters. The topological polar surface area (TPSA) is 37.4 Å². The number of anilines is 1. The van der Waals surface area contributed by atoms with Crippen molar-refractivity contribution in [2.75, 3.05) is 31.7 Å². The second-order valence-corrected chi connectivity index (χ2v) is 3.90. The average molecular weight is 258 g/mol. The van der Waals surface area contributed by atoms with Crippen LogP contribution in [0.4, 0.5) is 5.82 Å². The average Bonchev–Trinajstić information content (AvgIpc) is 2.23. The van der Waals surface area contributed by atoms with E-state index in [4.69, 9.17) is 4.74 Å². The first-order valence-corrected chi connectivity index (χ1v) is 5.35. The van der Waals surface area contributed by atoms with Crippen molar-refractivity contribution in [2.45, 2.75) is 0 Å². The van der Waals surface area contributed by atoms with Crippen molar-refractivity contribution in [3.63, 3.8) is 0 Å². The second kappa shape index (κ2) is 4.72. The molecule has 1 N–H and O–H groups in total. The predicted molar refractivity (Wildman–Crippen MR) is 58.0 cm³/mol. The van der Waals surface area contributed by atoms with Crippen LogP contribution in [-0.4, -0.2) is 36.3 Å². The van der Waals surface area contributed by atoms with Gasteiger partial charge in [-0.15, -0.1) is 0 Å². The Morgan fingerprint density at radius 3 is 2.93 bits per heavy atom. The van der Waals surface area contributed by atoms with Crippen molar-refractivity contribution in [3.8, 4) is 0 Å². The molecular weight excluding hydrogens is 246 g/mol. The second-order valence-electron chi connectivity index (χ2n) is 3.05. The van der Waals surface area contributed by atoms with Crippen LogP contribution < -0.4 is 5.43 Å². The number of aromatic nitrogens is 1. The third-order valence-electron chi connectivity index (χ3n) is 2.03. The van der Waals surface area contributed by atoms with E-state index in [0.717, 1.165) is 36.6 Å². The van der Waals surface area contributed by atoms with Crippen molar-refractivity contribution in [3.05, 3.63) is 22.8 Å². The Morgan fingerprint density at radius 2 is 2.21 bits per heavy atom. The van der Waals surface area contributed by atoms with Crippen LogP contribution in [-0.2, 0) is 4.74 Å². The summed E-state index contributed by atoms with van der Waals surface area (Å²) in [6.45, 7) is 3.33. The van der Waals surface area contributed by atoms with E-state index in [1.165, 1.54) is 0 Å². The maximum absolute atomic E-state index is 5.25. The highest BCUT2D eigenvalue weighted by atomic mass is 79.9. The highest BCUT2D eigenvalue weighted by Crippen LogP contribution is 2.18. The molecule has 0 radical (unpaired) electrons. The Morgan fingerprint density at radius 1 is 1.43 bits per heavy atom. The van der Waals surface area contributed by atoms with E-state index in [0.29, 0.717) is 0 Å². The molecule has 1 aliphatic heterocycles. The summed E-state index contributed by atoms with van der Waals surface area (Å²) < 4.78 is 6.23. The number of hydrazine groups is 1. The van der Waals surface area contributed by atoms with Crippen LogP contribution in [0.1, 0.15) is 0 Å². The number of hydrogen-bond donors (Lipinski definition) is 1. The van der Waals surface area contributed by atoms with Crippen molar-refractivity contribution >= 4 is 21.7 Å². The van der Waals surface area contributed by atoms with Gasteiger partial charge in [0, 0.05) is 19.3 Å². The van der Waals surface area contributed by atoms with Gasteiger partial charge >= 0.3 is 0 Å². The van der Waals surface area contributed by atoms with Crippen LogP contribution in [0.5, 0.6) is 0 Å². The largest absolute Gasteiger partial charge is 0.379 e. The minimum absolute atomic E-state index is 0.775. The van der Waals surface area contributed by atoms with E-state index in [-0.39, 0.29) is 0 Å². The Hall–Kier alpha value is -0.650. The SMILES string of the molecule is Brc1cccnc1NN1CCOCC1. The number of nitrogens with one attached hydrogen (secondary N) is 1. The van der Waals surface area contributed by atoms with Crippen molar-refractivity contribution < 1.29 is 4.74 Å². The summed E-state index contributed by atoms with van der Waals surface area (Å²) in [7, 11) is 0. The van der Waals surface area contributed by atoms with E-state index in [2.05, 4.69) is 31.3 Å². The van der Waals surface area contributed by atoms with Gasteiger partial charge in [0.25, 0.3) is 0 Å². The number of halogens is 1. The van der Waals surface area contributed by atoms with Gasteiger partial charge in [-0.2, -0.15) is 0 Å². The van der Waals surface area contributed by atoms with E-state index < -0.39 is 0 Å². The normalized spacial score (nSPS) is 18.1. The molecule has 1 aromatic rings. The zero-order chi connectivity index (χ0) is 9.80. The smallest absolute Gasteiger partial charge is 0.154 e. The molecule has 0 aromatic carbocycles. The molecule has 1 saturated heterocycles.